The minimum atomic E-state index is -4.93. The van der Waals surface area contributed by atoms with Crippen LogP contribution >= 0.6 is 0 Å². The van der Waals surface area contributed by atoms with E-state index >= 15 is 0 Å². The molecule has 2 aliphatic rings. The van der Waals surface area contributed by atoms with Gasteiger partial charge in [0.15, 0.2) is 0 Å². The quantitative estimate of drug-likeness (QED) is 0.710. The lowest BCUT2D eigenvalue weighted by Crippen LogP contribution is -2.56. The minimum absolute atomic E-state index is 0.00234. The molecule has 31 heavy (non-hydrogen) atoms. The van der Waals surface area contributed by atoms with Crippen molar-refractivity contribution in [2.45, 2.75) is 51.2 Å². The van der Waals surface area contributed by atoms with Crippen molar-refractivity contribution in [3.63, 3.8) is 0 Å². The van der Waals surface area contributed by atoms with Crippen molar-refractivity contribution < 1.29 is 31.9 Å². The van der Waals surface area contributed by atoms with Crippen LogP contribution in [0, 0.1) is 23.1 Å². The lowest BCUT2D eigenvalue weighted by molar-refractivity contribution is -0.274. The summed E-state index contributed by atoms with van der Waals surface area (Å²) in [6.45, 7) is 1.81. The number of ether oxygens (including phenoxy) is 1. The second-order valence-corrected chi connectivity index (χ2v) is 7.74. The number of hydrogen-bond acceptors (Lipinski definition) is 4. The van der Waals surface area contributed by atoms with Gasteiger partial charge in [-0.3, -0.25) is 4.79 Å². The Hall–Kier alpha value is -3.03. The van der Waals surface area contributed by atoms with Gasteiger partial charge in [-0.1, -0.05) is 6.07 Å². The standard InChI is InChI=1S/C20H22F4N4O3/c1-12(29)27-10-13(8-25)6-16(11-27)28(15-3-4-15)19(30)26-9-14-2-5-17(7-18(14)21)31-20(22,23)24/h2,5,7,13,15-16H,3-4,6,9-11H2,1H3,(H,26,30)/t13-,16-/m1/s1. The summed E-state index contributed by atoms with van der Waals surface area (Å²) in [4.78, 5) is 27.8. The molecular formula is C20H22F4N4O3. The van der Waals surface area contributed by atoms with Crippen LogP contribution in [-0.4, -0.2) is 53.3 Å². The fraction of sp³-hybridized carbons (Fsp3) is 0.550. The molecular weight excluding hydrogens is 420 g/mol. The molecule has 11 heteroatoms. The summed E-state index contributed by atoms with van der Waals surface area (Å²) in [6, 6.07) is 4.02. The summed E-state index contributed by atoms with van der Waals surface area (Å²) >= 11 is 0. The number of nitriles is 1. The first-order valence-electron chi connectivity index (χ1n) is 9.83. The summed E-state index contributed by atoms with van der Waals surface area (Å²) < 4.78 is 54.6. The maximum absolute atomic E-state index is 14.1. The molecule has 0 unspecified atom stereocenters. The molecule has 2 atom stereocenters. The molecule has 0 spiro atoms. The van der Waals surface area contributed by atoms with Crippen LogP contribution in [0.15, 0.2) is 18.2 Å². The lowest BCUT2D eigenvalue weighted by atomic mass is 9.94. The predicted molar refractivity (Wildman–Crippen MR) is 99.9 cm³/mol. The molecule has 1 aromatic rings. The Bertz CT molecular complexity index is 882. The van der Waals surface area contributed by atoms with Gasteiger partial charge in [-0.2, -0.15) is 5.26 Å². The molecule has 0 radical (unpaired) electrons. The van der Waals surface area contributed by atoms with Crippen LogP contribution in [0.5, 0.6) is 5.75 Å². The van der Waals surface area contributed by atoms with Crippen LogP contribution in [0.25, 0.3) is 0 Å². The van der Waals surface area contributed by atoms with Crippen molar-refractivity contribution in [1.82, 2.24) is 15.1 Å². The van der Waals surface area contributed by atoms with Crippen molar-refractivity contribution in [1.29, 1.82) is 5.26 Å². The van der Waals surface area contributed by atoms with Gasteiger partial charge in [0.05, 0.1) is 18.0 Å². The summed E-state index contributed by atoms with van der Waals surface area (Å²) in [5.41, 5.74) is 0.00234. The second-order valence-electron chi connectivity index (χ2n) is 7.74. The highest BCUT2D eigenvalue weighted by molar-refractivity contribution is 5.76. The van der Waals surface area contributed by atoms with Crippen LogP contribution in [0.2, 0.25) is 0 Å². The molecule has 1 N–H and O–H groups in total. The Labute approximate surface area is 176 Å². The van der Waals surface area contributed by atoms with Gasteiger partial charge in [0.2, 0.25) is 5.91 Å². The Morgan fingerprint density at radius 2 is 2.00 bits per heavy atom. The van der Waals surface area contributed by atoms with Gasteiger partial charge in [0.1, 0.15) is 11.6 Å². The monoisotopic (exact) mass is 442 g/mol. The zero-order valence-corrected chi connectivity index (χ0v) is 16.8. The molecule has 1 saturated carbocycles. The number of hydrogen-bond donors (Lipinski definition) is 1. The van der Waals surface area contributed by atoms with Crippen molar-refractivity contribution in [2.75, 3.05) is 13.1 Å². The number of nitrogens with zero attached hydrogens (tertiary/aromatic N) is 3. The normalized spacial score (nSPS) is 21.2. The predicted octanol–water partition coefficient (Wildman–Crippen LogP) is 3.16. The molecule has 168 valence electrons. The van der Waals surface area contributed by atoms with E-state index in [0.29, 0.717) is 25.6 Å². The number of alkyl halides is 3. The highest BCUT2D eigenvalue weighted by atomic mass is 19.4. The molecule has 2 fully saturated rings. The molecule has 0 bridgehead atoms. The molecule has 7 nitrogen and oxygen atoms in total. The third-order valence-corrected chi connectivity index (χ3v) is 5.31. The Kier molecular flexibility index (Phi) is 6.57. The third kappa shape index (κ3) is 5.99. The number of benzene rings is 1. The Morgan fingerprint density at radius 1 is 1.29 bits per heavy atom. The molecule has 0 aromatic heterocycles. The van der Waals surface area contributed by atoms with Crippen LogP contribution in [0.4, 0.5) is 22.4 Å². The van der Waals surface area contributed by atoms with Crippen LogP contribution in [0.3, 0.4) is 0 Å². The molecule has 1 saturated heterocycles. The first-order chi connectivity index (χ1) is 14.6. The van der Waals surface area contributed by atoms with Gasteiger partial charge in [-0.05, 0) is 25.3 Å². The second kappa shape index (κ2) is 8.99. The SMILES string of the molecule is CC(=O)N1C[C@@H](C#N)C[C@@H](N(C(=O)NCc2ccc(OC(F)(F)F)cc2F)C2CC2)C1. The Balaban J connectivity index is 1.66. The van der Waals surface area contributed by atoms with E-state index in [-0.39, 0.29) is 30.1 Å². The van der Waals surface area contributed by atoms with E-state index in [2.05, 4.69) is 16.1 Å². The van der Waals surface area contributed by atoms with Crippen molar-refractivity contribution in [2.24, 2.45) is 5.92 Å². The molecule has 1 aromatic carbocycles. The molecule has 1 aliphatic carbocycles. The lowest BCUT2D eigenvalue weighted by Gasteiger charge is -2.41. The number of piperidine rings is 1. The fourth-order valence-electron chi connectivity index (χ4n) is 3.74. The average molecular weight is 442 g/mol. The first kappa shape index (κ1) is 22.7. The van der Waals surface area contributed by atoms with Crippen molar-refractivity contribution in [3.05, 3.63) is 29.6 Å². The minimum Gasteiger partial charge on any atom is -0.406 e. The smallest absolute Gasteiger partial charge is 0.406 e. The number of rotatable bonds is 5. The van der Waals surface area contributed by atoms with Gasteiger partial charge >= 0.3 is 12.4 Å². The molecule has 1 aliphatic heterocycles. The first-order valence-corrected chi connectivity index (χ1v) is 9.83. The van der Waals surface area contributed by atoms with Gasteiger partial charge in [-0.15, -0.1) is 13.2 Å². The molecule has 3 rings (SSSR count). The number of amides is 3. The van der Waals surface area contributed by atoms with E-state index in [4.69, 9.17) is 0 Å². The third-order valence-electron chi connectivity index (χ3n) is 5.31. The summed E-state index contributed by atoms with van der Waals surface area (Å²) in [5, 5.41) is 11.9. The van der Waals surface area contributed by atoms with Crippen LogP contribution in [-0.2, 0) is 11.3 Å². The summed E-state index contributed by atoms with van der Waals surface area (Å²) in [6.07, 6.45) is -2.91. The van der Waals surface area contributed by atoms with Crippen molar-refractivity contribution in [3.8, 4) is 11.8 Å². The average Bonchev–Trinajstić information content (AvgIpc) is 3.51. The Morgan fingerprint density at radius 3 is 2.55 bits per heavy atom. The van der Waals surface area contributed by atoms with Gasteiger partial charge in [0, 0.05) is 44.2 Å². The number of nitrogens with one attached hydrogen (secondary N) is 1. The van der Waals surface area contributed by atoms with E-state index in [1.165, 1.54) is 6.92 Å². The van der Waals surface area contributed by atoms with Gasteiger partial charge in [-0.25, -0.2) is 9.18 Å². The number of urea groups is 1. The largest absolute Gasteiger partial charge is 0.573 e. The van der Waals surface area contributed by atoms with Gasteiger partial charge in [0.25, 0.3) is 0 Å². The highest BCUT2D eigenvalue weighted by Gasteiger charge is 2.41. The van der Waals surface area contributed by atoms with E-state index in [1.54, 1.807) is 9.80 Å². The zero-order valence-electron chi connectivity index (χ0n) is 16.8. The van der Waals surface area contributed by atoms with Gasteiger partial charge < -0.3 is 19.9 Å². The number of halogens is 4. The number of likely N-dealkylation sites (tertiary alicyclic amines) is 1. The van der Waals surface area contributed by atoms with E-state index in [0.717, 1.165) is 25.0 Å². The maximum Gasteiger partial charge on any atom is 0.573 e. The van der Waals surface area contributed by atoms with Crippen LogP contribution in [0.1, 0.15) is 31.7 Å². The molecule has 3 amide bonds. The van der Waals surface area contributed by atoms with E-state index in [1.807, 2.05) is 0 Å². The number of carbonyl (C=O) groups is 2. The van der Waals surface area contributed by atoms with Crippen LogP contribution < -0.4 is 10.1 Å². The maximum atomic E-state index is 14.1. The zero-order chi connectivity index (χ0) is 22.8. The topological polar surface area (TPSA) is 85.7 Å². The highest BCUT2D eigenvalue weighted by Crippen LogP contribution is 2.33. The van der Waals surface area contributed by atoms with E-state index in [9.17, 15) is 32.4 Å². The summed E-state index contributed by atoms with van der Waals surface area (Å²) in [5.74, 6) is -2.20. The van der Waals surface area contributed by atoms with E-state index < -0.39 is 29.9 Å². The number of carbonyl (C=O) groups excluding carboxylic acids is 2. The van der Waals surface area contributed by atoms with Crippen molar-refractivity contribution >= 4 is 11.9 Å². The summed E-state index contributed by atoms with van der Waals surface area (Å²) in [7, 11) is 0. The fourth-order valence-corrected chi connectivity index (χ4v) is 3.74. The molecule has 1 heterocycles.